The predicted molar refractivity (Wildman–Crippen MR) is 65.8 cm³/mol. The molecule has 2 N–H and O–H groups in total. The first kappa shape index (κ1) is 13.9. The molecular weight excluding hydrogens is 221 g/mol. The van der Waals surface area contributed by atoms with Gasteiger partial charge >= 0.3 is 0 Å². The van der Waals surface area contributed by atoms with E-state index >= 15 is 0 Å². The molecule has 1 atom stereocenters. The summed E-state index contributed by atoms with van der Waals surface area (Å²) in [6.07, 6.45) is 0.447. The first-order valence-corrected chi connectivity index (χ1v) is 5.91. The second-order valence-electron chi connectivity index (χ2n) is 4.08. The second-order valence-corrected chi connectivity index (χ2v) is 4.08. The summed E-state index contributed by atoms with van der Waals surface area (Å²) in [6, 6.07) is 4.69. The van der Waals surface area contributed by atoms with Crippen LogP contribution in [0.4, 0.5) is 4.39 Å². The van der Waals surface area contributed by atoms with Crippen molar-refractivity contribution in [2.45, 2.75) is 26.4 Å². The third kappa shape index (κ3) is 5.15. The van der Waals surface area contributed by atoms with Crippen LogP contribution in [-0.2, 0) is 0 Å². The van der Waals surface area contributed by atoms with Crippen LogP contribution in [0.25, 0.3) is 0 Å². The molecule has 1 aromatic rings. The minimum Gasteiger partial charge on any atom is -0.491 e. The summed E-state index contributed by atoms with van der Waals surface area (Å²) in [6.45, 7) is 5.28. The molecule has 1 rings (SSSR count). The average molecular weight is 241 g/mol. The van der Waals surface area contributed by atoms with Crippen LogP contribution in [-0.4, -0.2) is 30.9 Å². The number of halogens is 1. The topological polar surface area (TPSA) is 41.5 Å². The number of hydrogen-bond donors (Lipinski definition) is 2. The smallest absolute Gasteiger partial charge is 0.129 e. The van der Waals surface area contributed by atoms with Crippen molar-refractivity contribution in [3.05, 3.63) is 29.6 Å². The third-order valence-electron chi connectivity index (χ3n) is 2.39. The van der Waals surface area contributed by atoms with Gasteiger partial charge in [0.15, 0.2) is 0 Å². The monoisotopic (exact) mass is 241 g/mol. The summed E-state index contributed by atoms with van der Waals surface area (Å²) < 4.78 is 18.5. The van der Waals surface area contributed by atoms with E-state index in [9.17, 15) is 9.50 Å². The Balaban J connectivity index is 2.31. The summed E-state index contributed by atoms with van der Waals surface area (Å²) in [5, 5.41) is 12.7. The van der Waals surface area contributed by atoms with Gasteiger partial charge in [0.05, 0.1) is 0 Å². The van der Waals surface area contributed by atoms with Crippen LogP contribution in [0.1, 0.15) is 18.9 Å². The largest absolute Gasteiger partial charge is 0.491 e. The summed E-state index contributed by atoms with van der Waals surface area (Å²) >= 11 is 0. The summed E-state index contributed by atoms with van der Waals surface area (Å²) in [7, 11) is 0. The van der Waals surface area contributed by atoms with E-state index in [1.807, 2.05) is 0 Å². The lowest BCUT2D eigenvalue weighted by atomic mass is 10.2. The molecule has 96 valence electrons. The van der Waals surface area contributed by atoms with Crippen molar-refractivity contribution < 1.29 is 14.2 Å². The number of benzene rings is 1. The van der Waals surface area contributed by atoms with Crippen molar-refractivity contribution in [3.63, 3.8) is 0 Å². The van der Waals surface area contributed by atoms with Crippen molar-refractivity contribution >= 4 is 0 Å². The minimum absolute atomic E-state index is 0.166. The highest BCUT2D eigenvalue weighted by atomic mass is 19.1. The fourth-order valence-electron chi connectivity index (χ4n) is 1.36. The van der Waals surface area contributed by atoms with Crippen LogP contribution in [0, 0.1) is 12.7 Å². The number of ether oxygens (including phenoxy) is 1. The SMILES string of the molecule is CCCNCC(O)COc1ccc(C)c(F)c1. The van der Waals surface area contributed by atoms with Gasteiger partial charge in [-0.1, -0.05) is 13.0 Å². The molecule has 0 aliphatic carbocycles. The fraction of sp³-hybridized carbons (Fsp3) is 0.538. The molecule has 0 amide bonds. The lowest BCUT2D eigenvalue weighted by Gasteiger charge is -2.13. The fourth-order valence-corrected chi connectivity index (χ4v) is 1.36. The molecule has 1 aromatic carbocycles. The molecule has 0 saturated carbocycles. The second kappa shape index (κ2) is 7.25. The third-order valence-corrected chi connectivity index (χ3v) is 2.39. The van der Waals surface area contributed by atoms with E-state index in [4.69, 9.17) is 4.74 Å². The average Bonchev–Trinajstić information content (AvgIpc) is 2.31. The zero-order valence-electron chi connectivity index (χ0n) is 10.4. The normalized spacial score (nSPS) is 12.5. The van der Waals surface area contributed by atoms with Crippen LogP contribution < -0.4 is 10.1 Å². The summed E-state index contributed by atoms with van der Waals surface area (Å²) in [5.74, 6) is 0.156. The van der Waals surface area contributed by atoms with Crippen LogP contribution >= 0.6 is 0 Å². The molecule has 0 aromatic heterocycles. The van der Waals surface area contributed by atoms with E-state index in [-0.39, 0.29) is 12.4 Å². The first-order chi connectivity index (χ1) is 8.13. The number of aliphatic hydroxyl groups excluding tert-OH is 1. The van der Waals surface area contributed by atoms with Crippen molar-refractivity contribution in [1.29, 1.82) is 0 Å². The van der Waals surface area contributed by atoms with Crippen molar-refractivity contribution in [3.8, 4) is 5.75 Å². The van der Waals surface area contributed by atoms with Gasteiger partial charge in [0, 0.05) is 12.6 Å². The Labute approximate surface area is 102 Å². The molecule has 1 unspecified atom stereocenters. The van der Waals surface area contributed by atoms with Gasteiger partial charge in [-0.15, -0.1) is 0 Å². The van der Waals surface area contributed by atoms with E-state index in [0.29, 0.717) is 17.9 Å². The summed E-state index contributed by atoms with van der Waals surface area (Å²) in [4.78, 5) is 0. The molecule has 17 heavy (non-hydrogen) atoms. The standard InChI is InChI=1S/C13H20FNO2/c1-3-6-15-8-11(16)9-17-12-5-4-10(2)13(14)7-12/h4-5,7,11,15-16H,3,6,8-9H2,1-2H3. The Morgan fingerprint density at radius 1 is 1.47 bits per heavy atom. The Hall–Kier alpha value is -1.13. The summed E-state index contributed by atoms with van der Waals surface area (Å²) in [5.41, 5.74) is 0.586. The molecule has 0 aliphatic heterocycles. The van der Waals surface area contributed by atoms with Gasteiger partial charge in [-0.3, -0.25) is 0 Å². The Morgan fingerprint density at radius 2 is 2.24 bits per heavy atom. The number of rotatable bonds is 7. The maximum atomic E-state index is 13.2. The molecular formula is C13H20FNO2. The molecule has 0 spiro atoms. The Kier molecular flexibility index (Phi) is 5.94. The van der Waals surface area contributed by atoms with E-state index in [1.54, 1.807) is 19.1 Å². The molecule has 4 heteroatoms. The molecule has 0 aliphatic rings. The van der Waals surface area contributed by atoms with Crippen molar-refractivity contribution in [2.24, 2.45) is 0 Å². The molecule has 0 bridgehead atoms. The van der Waals surface area contributed by atoms with Crippen molar-refractivity contribution in [1.82, 2.24) is 5.32 Å². The van der Waals surface area contributed by atoms with Crippen LogP contribution in [0.5, 0.6) is 5.75 Å². The predicted octanol–water partition coefficient (Wildman–Crippen LogP) is 1.87. The van der Waals surface area contributed by atoms with E-state index in [2.05, 4.69) is 12.2 Å². The molecule has 0 heterocycles. The zero-order chi connectivity index (χ0) is 12.7. The van der Waals surface area contributed by atoms with Crippen molar-refractivity contribution in [2.75, 3.05) is 19.7 Å². The van der Waals surface area contributed by atoms with Crippen LogP contribution in [0.15, 0.2) is 18.2 Å². The Bertz CT molecular complexity index is 344. The van der Waals surface area contributed by atoms with Gasteiger partial charge in [-0.25, -0.2) is 4.39 Å². The highest BCUT2D eigenvalue weighted by Crippen LogP contribution is 2.15. The lowest BCUT2D eigenvalue weighted by molar-refractivity contribution is 0.106. The van der Waals surface area contributed by atoms with Gasteiger partial charge in [-0.05, 0) is 31.5 Å². The van der Waals surface area contributed by atoms with E-state index in [0.717, 1.165) is 13.0 Å². The highest BCUT2D eigenvalue weighted by molar-refractivity contribution is 5.27. The van der Waals surface area contributed by atoms with Gasteiger partial charge in [0.2, 0.25) is 0 Å². The van der Waals surface area contributed by atoms with Gasteiger partial charge in [-0.2, -0.15) is 0 Å². The first-order valence-electron chi connectivity index (χ1n) is 5.91. The molecule has 3 nitrogen and oxygen atoms in total. The van der Waals surface area contributed by atoms with Gasteiger partial charge < -0.3 is 15.2 Å². The van der Waals surface area contributed by atoms with E-state index in [1.165, 1.54) is 6.07 Å². The molecule has 0 saturated heterocycles. The Morgan fingerprint density at radius 3 is 2.88 bits per heavy atom. The van der Waals surface area contributed by atoms with Gasteiger partial charge in [0.25, 0.3) is 0 Å². The van der Waals surface area contributed by atoms with Gasteiger partial charge in [0.1, 0.15) is 24.3 Å². The maximum absolute atomic E-state index is 13.2. The number of hydrogen-bond acceptors (Lipinski definition) is 3. The number of aryl methyl sites for hydroxylation is 1. The number of aliphatic hydroxyl groups is 1. The lowest BCUT2D eigenvalue weighted by Crippen LogP contribution is -2.31. The highest BCUT2D eigenvalue weighted by Gasteiger charge is 2.05. The van der Waals surface area contributed by atoms with Crippen LogP contribution in [0.2, 0.25) is 0 Å². The molecule has 0 radical (unpaired) electrons. The quantitative estimate of drug-likeness (QED) is 0.716. The zero-order valence-corrected chi connectivity index (χ0v) is 10.4. The number of nitrogens with one attached hydrogen (secondary N) is 1. The maximum Gasteiger partial charge on any atom is 0.129 e. The van der Waals surface area contributed by atoms with Crippen LogP contribution in [0.3, 0.4) is 0 Å². The van der Waals surface area contributed by atoms with E-state index < -0.39 is 6.10 Å². The minimum atomic E-state index is -0.578. The molecule has 0 fully saturated rings.